The van der Waals surface area contributed by atoms with Crippen LogP contribution in [0.4, 0.5) is 0 Å². The minimum Gasteiger partial charge on any atom is -0.493 e. The normalized spacial score (nSPS) is 16.4. The number of carboxylic acid groups (broad SMARTS) is 1. The molecule has 4 aromatic rings. The van der Waals surface area contributed by atoms with E-state index >= 15 is 0 Å². The molecule has 0 bridgehead atoms. The van der Waals surface area contributed by atoms with Crippen molar-refractivity contribution in [3.63, 3.8) is 0 Å². The lowest BCUT2D eigenvalue weighted by molar-refractivity contribution is 0.0695. The van der Waals surface area contributed by atoms with Crippen LogP contribution in [0, 0.1) is 5.92 Å². The number of aryl methyl sites for hydroxylation is 1. The van der Waals surface area contributed by atoms with Gasteiger partial charge in [-0.2, -0.15) is 16.9 Å². The topological polar surface area (TPSA) is 95.1 Å². The summed E-state index contributed by atoms with van der Waals surface area (Å²) in [6.45, 7) is 2.74. The van der Waals surface area contributed by atoms with Crippen molar-refractivity contribution in [1.82, 2.24) is 24.8 Å². The predicted molar refractivity (Wildman–Crippen MR) is 145 cm³/mol. The Bertz CT molecular complexity index is 1380. The van der Waals surface area contributed by atoms with Crippen LogP contribution >= 0.6 is 11.8 Å². The SMILES string of the molecule is C[C@@H](Cc1cn(C)nn1)c1c(C(=O)O)cnn1-c1cccc(-c2cccc(OCC3CCCSC3)c2)c1. The molecule has 192 valence electrons. The molecule has 0 saturated carbocycles. The van der Waals surface area contributed by atoms with Crippen molar-refractivity contribution in [3.8, 4) is 22.6 Å². The van der Waals surface area contributed by atoms with Gasteiger partial charge in [0.2, 0.25) is 0 Å². The standard InChI is InChI=1S/C28H31N5O3S/c1-19(12-23-16-32(2)31-30-23)27-26(28(34)35)15-29-33(27)24-9-3-7-21(13-24)22-8-4-10-25(14-22)36-17-20-6-5-11-37-18-20/h3-4,7-10,13-16,19-20H,5-6,11-12,17-18H2,1-2H3,(H,34,35)/t19-,20?/m0/s1. The summed E-state index contributed by atoms with van der Waals surface area (Å²) in [4.78, 5) is 12.0. The van der Waals surface area contributed by atoms with Crippen LogP contribution in [0.15, 0.2) is 60.9 Å². The van der Waals surface area contributed by atoms with Crippen LogP contribution in [-0.4, -0.2) is 54.0 Å². The summed E-state index contributed by atoms with van der Waals surface area (Å²) in [5.41, 5.74) is 4.48. The van der Waals surface area contributed by atoms with Gasteiger partial charge in [0.1, 0.15) is 11.3 Å². The van der Waals surface area contributed by atoms with E-state index in [1.807, 2.05) is 68.3 Å². The molecule has 1 fully saturated rings. The first-order valence-corrected chi connectivity index (χ1v) is 13.7. The molecule has 1 saturated heterocycles. The molecular formula is C28H31N5O3S. The highest BCUT2D eigenvalue weighted by molar-refractivity contribution is 7.99. The fraction of sp³-hybridized carbons (Fsp3) is 0.357. The van der Waals surface area contributed by atoms with E-state index in [0.29, 0.717) is 18.0 Å². The molecular weight excluding hydrogens is 486 g/mol. The number of ether oxygens (including phenoxy) is 1. The summed E-state index contributed by atoms with van der Waals surface area (Å²) >= 11 is 2.01. The van der Waals surface area contributed by atoms with E-state index < -0.39 is 5.97 Å². The lowest BCUT2D eigenvalue weighted by Crippen LogP contribution is -2.18. The maximum atomic E-state index is 12.0. The lowest BCUT2D eigenvalue weighted by Gasteiger charge is -2.21. The number of aromatic carboxylic acids is 1. The van der Waals surface area contributed by atoms with E-state index in [9.17, 15) is 9.90 Å². The van der Waals surface area contributed by atoms with Gasteiger partial charge in [0.05, 0.1) is 29.9 Å². The van der Waals surface area contributed by atoms with Gasteiger partial charge in [-0.25, -0.2) is 9.48 Å². The fourth-order valence-electron chi connectivity index (χ4n) is 4.84. The van der Waals surface area contributed by atoms with E-state index in [-0.39, 0.29) is 11.5 Å². The highest BCUT2D eigenvalue weighted by Gasteiger charge is 2.24. The van der Waals surface area contributed by atoms with Crippen molar-refractivity contribution >= 4 is 17.7 Å². The molecule has 2 atom stereocenters. The second kappa shape index (κ2) is 11.2. The Morgan fingerprint density at radius 3 is 2.76 bits per heavy atom. The Labute approximate surface area is 220 Å². The zero-order valence-electron chi connectivity index (χ0n) is 21.1. The van der Waals surface area contributed by atoms with Gasteiger partial charge in [0.25, 0.3) is 0 Å². The highest BCUT2D eigenvalue weighted by atomic mass is 32.2. The third-order valence-corrected chi connectivity index (χ3v) is 7.95. The van der Waals surface area contributed by atoms with E-state index in [4.69, 9.17) is 4.74 Å². The molecule has 1 aliphatic heterocycles. The van der Waals surface area contributed by atoms with E-state index in [1.165, 1.54) is 30.5 Å². The molecule has 9 heteroatoms. The fourth-order valence-corrected chi connectivity index (χ4v) is 5.97. The van der Waals surface area contributed by atoms with Crippen molar-refractivity contribution in [1.29, 1.82) is 0 Å². The Balaban J connectivity index is 1.41. The monoisotopic (exact) mass is 517 g/mol. The minimum atomic E-state index is -0.996. The molecule has 0 amide bonds. The Morgan fingerprint density at radius 2 is 2.03 bits per heavy atom. The molecule has 8 nitrogen and oxygen atoms in total. The van der Waals surface area contributed by atoms with Crippen molar-refractivity contribution < 1.29 is 14.6 Å². The third-order valence-electron chi connectivity index (χ3n) is 6.67. The van der Waals surface area contributed by atoms with E-state index in [1.54, 1.807) is 9.36 Å². The Hall–Kier alpha value is -3.59. The number of aromatic nitrogens is 5. The maximum Gasteiger partial charge on any atom is 0.339 e. The molecule has 2 aromatic carbocycles. The summed E-state index contributed by atoms with van der Waals surface area (Å²) in [6, 6.07) is 16.1. The van der Waals surface area contributed by atoms with Gasteiger partial charge in [-0.05, 0) is 59.7 Å². The number of nitrogens with zero attached hydrogens (tertiary/aromatic N) is 5. The lowest BCUT2D eigenvalue weighted by atomic mass is 9.98. The molecule has 0 spiro atoms. The van der Waals surface area contributed by atoms with Crippen molar-refractivity contribution in [3.05, 3.63) is 77.9 Å². The van der Waals surface area contributed by atoms with Crippen LogP contribution in [0.1, 0.15) is 47.4 Å². The summed E-state index contributed by atoms with van der Waals surface area (Å²) in [5, 5.41) is 22.5. The first-order valence-electron chi connectivity index (χ1n) is 12.6. The second-order valence-corrected chi connectivity index (χ2v) is 10.8. The van der Waals surface area contributed by atoms with Crippen molar-refractivity contribution in [2.45, 2.75) is 32.1 Å². The largest absolute Gasteiger partial charge is 0.493 e. The molecule has 37 heavy (non-hydrogen) atoms. The highest BCUT2D eigenvalue weighted by Crippen LogP contribution is 2.30. The maximum absolute atomic E-state index is 12.0. The Morgan fingerprint density at radius 1 is 1.22 bits per heavy atom. The number of rotatable bonds is 9. The summed E-state index contributed by atoms with van der Waals surface area (Å²) < 4.78 is 9.53. The van der Waals surface area contributed by atoms with Crippen molar-refractivity contribution in [2.24, 2.45) is 13.0 Å². The van der Waals surface area contributed by atoms with Gasteiger partial charge in [-0.1, -0.05) is 36.4 Å². The van der Waals surface area contributed by atoms with E-state index in [2.05, 4.69) is 27.5 Å². The van der Waals surface area contributed by atoms with Gasteiger partial charge < -0.3 is 9.84 Å². The van der Waals surface area contributed by atoms with E-state index in [0.717, 1.165) is 34.9 Å². The van der Waals surface area contributed by atoms with Crippen LogP contribution in [-0.2, 0) is 13.5 Å². The van der Waals surface area contributed by atoms with Crippen molar-refractivity contribution in [2.75, 3.05) is 18.1 Å². The van der Waals surface area contributed by atoms with Gasteiger partial charge in [0, 0.05) is 31.5 Å². The second-order valence-electron chi connectivity index (χ2n) is 9.62. The van der Waals surface area contributed by atoms with Crippen LogP contribution < -0.4 is 4.74 Å². The number of hydrogen-bond acceptors (Lipinski definition) is 6. The van der Waals surface area contributed by atoms with Crippen LogP contribution in [0.2, 0.25) is 0 Å². The first-order chi connectivity index (χ1) is 18.0. The molecule has 1 N–H and O–H groups in total. The molecule has 0 aliphatic carbocycles. The number of thioether (sulfide) groups is 1. The molecule has 5 rings (SSSR count). The van der Waals surface area contributed by atoms with Gasteiger partial charge in [0.15, 0.2) is 0 Å². The smallest absolute Gasteiger partial charge is 0.339 e. The van der Waals surface area contributed by atoms with Gasteiger partial charge in [-0.15, -0.1) is 5.10 Å². The van der Waals surface area contributed by atoms with Gasteiger partial charge in [-0.3, -0.25) is 4.68 Å². The number of carboxylic acids is 1. The zero-order chi connectivity index (χ0) is 25.8. The number of hydrogen-bond donors (Lipinski definition) is 1. The molecule has 2 aromatic heterocycles. The first kappa shape index (κ1) is 25.1. The van der Waals surface area contributed by atoms with Crippen LogP contribution in [0.5, 0.6) is 5.75 Å². The average molecular weight is 518 g/mol. The quantitative estimate of drug-likeness (QED) is 0.325. The summed E-state index contributed by atoms with van der Waals surface area (Å²) in [7, 11) is 1.81. The number of carbonyl (C=O) groups is 1. The Kier molecular flexibility index (Phi) is 7.60. The van der Waals surface area contributed by atoms with Gasteiger partial charge >= 0.3 is 5.97 Å². The minimum absolute atomic E-state index is 0.136. The summed E-state index contributed by atoms with van der Waals surface area (Å²) in [5.74, 6) is 2.77. The average Bonchev–Trinajstić information content (AvgIpc) is 3.55. The number of benzene rings is 2. The molecule has 3 heterocycles. The third kappa shape index (κ3) is 5.88. The predicted octanol–water partition coefficient (Wildman–Crippen LogP) is 5.23. The molecule has 0 radical (unpaired) electrons. The molecule has 1 unspecified atom stereocenters. The molecule has 1 aliphatic rings. The zero-order valence-corrected chi connectivity index (χ0v) is 21.9. The van der Waals surface area contributed by atoms with Crippen LogP contribution in [0.25, 0.3) is 16.8 Å². The van der Waals surface area contributed by atoms with Crippen LogP contribution in [0.3, 0.4) is 0 Å². The summed E-state index contributed by atoms with van der Waals surface area (Å²) in [6.07, 6.45) is 6.32.